The molecule has 3 heteroatoms. The predicted octanol–water partition coefficient (Wildman–Crippen LogP) is 4.47. The number of carbonyl (C=O) groups is 1. The molecule has 0 spiro atoms. The van der Waals surface area contributed by atoms with Crippen molar-refractivity contribution < 1.29 is 9.90 Å². The molecule has 116 valence electrons. The molecule has 2 N–H and O–H groups in total. The molecule has 1 saturated carbocycles. The molecule has 0 amide bonds. The van der Waals surface area contributed by atoms with Crippen molar-refractivity contribution in [3.05, 3.63) is 29.8 Å². The SMILES string of the molecule is Cc1cccc(NC2(C(=O)O)CCC(C(C)(C)C)CC2)c1. The first-order valence-corrected chi connectivity index (χ1v) is 7.81. The minimum Gasteiger partial charge on any atom is -0.480 e. The fourth-order valence-corrected chi connectivity index (χ4v) is 3.37. The largest absolute Gasteiger partial charge is 0.480 e. The van der Waals surface area contributed by atoms with Crippen molar-refractivity contribution in [2.24, 2.45) is 11.3 Å². The van der Waals surface area contributed by atoms with E-state index in [4.69, 9.17) is 0 Å². The highest BCUT2D eigenvalue weighted by Crippen LogP contribution is 2.42. The van der Waals surface area contributed by atoms with Gasteiger partial charge in [0.15, 0.2) is 0 Å². The minimum atomic E-state index is -0.810. The summed E-state index contributed by atoms with van der Waals surface area (Å²) < 4.78 is 0. The minimum absolute atomic E-state index is 0.258. The zero-order valence-electron chi connectivity index (χ0n) is 13.6. The first kappa shape index (κ1) is 15.9. The van der Waals surface area contributed by atoms with E-state index in [1.807, 2.05) is 31.2 Å². The zero-order chi connectivity index (χ0) is 15.7. The van der Waals surface area contributed by atoms with Crippen LogP contribution in [0.4, 0.5) is 5.69 Å². The van der Waals surface area contributed by atoms with Crippen molar-refractivity contribution in [1.29, 1.82) is 0 Å². The van der Waals surface area contributed by atoms with Crippen LogP contribution in [0.1, 0.15) is 52.0 Å². The highest BCUT2D eigenvalue weighted by atomic mass is 16.4. The van der Waals surface area contributed by atoms with Crippen molar-refractivity contribution >= 4 is 11.7 Å². The Balaban J connectivity index is 2.15. The van der Waals surface area contributed by atoms with Crippen LogP contribution in [0.15, 0.2) is 24.3 Å². The molecule has 0 aliphatic heterocycles. The molecule has 1 aromatic carbocycles. The average molecular weight is 289 g/mol. The van der Waals surface area contributed by atoms with Gasteiger partial charge >= 0.3 is 5.97 Å². The third-order valence-corrected chi connectivity index (χ3v) is 4.87. The highest BCUT2D eigenvalue weighted by molar-refractivity contribution is 5.83. The maximum absolute atomic E-state index is 11.9. The van der Waals surface area contributed by atoms with E-state index in [1.165, 1.54) is 0 Å². The van der Waals surface area contributed by atoms with E-state index in [0.29, 0.717) is 18.8 Å². The Hall–Kier alpha value is -1.51. The predicted molar refractivity (Wildman–Crippen MR) is 86.6 cm³/mol. The zero-order valence-corrected chi connectivity index (χ0v) is 13.6. The molecule has 0 atom stereocenters. The number of aryl methyl sites for hydroxylation is 1. The molecule has 0 saturated heterocycles. The lowest BCUT2D eigenvalue weighted by Crippen LogP contribution is -2.50. The lowest BCUT2D eigenvalue weighted by atomic mass is 9.67. The maximum atomic E-state index is 11.9. The summed E-state index contributed by atoms with van der Waals surface area (Å²) in [4.78, 5) is 11.9. The normalized spacial score (nSPS) is 26.4. The Morgan fingerprint density at radius 2 is 1.90 bits per heavy atom. The molecular weight excluding hydrogens is 262 g/mol. The highest BCUT2D eigenvalue weighted by Gasteiger charge is 2.44. The van der Waals surface area contributed by atoms with E-state index in [2.05, 4.69) is 26.1 Å². The first-order valence-electron chi connectivity index (χ1n) is 7.81. The average Bonchev–Trinajstić information content (AvgIpc) is 2.38. The maximum Gasteiger partial charge on any atom is 0.329 e. The summed E-state index contributed by atoms with van der Waals surface area (Å²) in [6.45, 7) is 8.77. The van der Waals surface area contributed by atoms with E-state index in [-0.39, 0.29) is 5.41 Å². The molecule has 1 fully saturated rings. The number of benzene rings is 1. The van der Waals surface area contributed by atoms with Crippen LogP contribution in [0.2, 0.25) is 0 Å². The van der Waals surface area contributed by atoms with E-state index < -0.39 is 11.5 Å². The third-order valence-electron chi connectivity index (χ3n) is 4.87. The Kier molecular flexibility index (Phi) is 4.31. The van der Waals surface area contributed by atoms with Crippen LogP contribution in [-0.2, 0) is 4.79 Å². The third kappa shape index (κ3) is 3.58. The quantitative estimate of drug-likeness (QED) is 0.863. The van der Waals surface area contributed by atoms with Gasteiger partial charge in [0.2, 0.25) is 0 Å². The number of hydrogen-bond acceptors (Lipinski definition) is 2. The van der Waals surface area contributed by atoms with Crippen molar-refractivity contribution in [1.82, 2.24) is 0 Å². The van der Waals surface area contributed by atoms with Crippen LogP contribution < -0.4 is 5.32 Å². The number of nitrogens with one attached hydrogen (secondary N) is 1. The van der Waals surface area contributed by atoms with Gasteiger partial charge in [-0.05, 0) is 61.6 Å². The van der Waals surface area contributed by atoms with Crippen molar-refractivity contribution in [3.63, 3.8) is 0 Å². The van der Waals surface area contributed by atoms with E-state index >= 15 is 0 Å². The van der Waals surface area contributed by atoms with E-state index in [9.17, 15) is 9.90 Å². The molecule has 1 aliphatic rings. The van der Waals surface area contributed by atoms with Crippen LogP contribution in [0, 0.1) is 18.3 Å². The summed E-state index contributed by atoms with van der Waals surface area (Å²) in [7, 11) is 0. The van der Waals surface area contributed by atoms with Crippen LogP contribution >= 0.6 is 0 Å². The summed E-state index contributed by atoms with van der Waals surface area (Å²) in [5.41, 5.74) is 1.50. The number of aliphatic carboxylic acids is 1. The molecule has 0 bridgehead atoms. The van der Waals surface area contributed by atoms with Gasteiger partial charge < -0.3 is 10.4 Å². The Labute approximate surface area is 127 Å². The molecular formula is C18H27NO2. The van der Waals surface area contributed by atoms with Gasteiger partial charge in [0, 0.05) is 5.69 Å². The number of carboxylic acid groups (broad SMARTS) is 1. The van der Waals surface area contributed by atoms with Crippen molar-refractivity contribution in [3.8, 4) is 0 Å². The number of carboxylic acids is 1. The molecule has 0 heterocycles. The van der Waals surface area contributed by atoms with Crippen LogP contribution in [0.3, 0.4) is 0 Å². The molecule has 0 radical (unpaired) electrons. The fraction of sp³-hybridized carbons (Fsp3) is 0.611. The van der Waals surface area contributed by atoms with Gasteiger partial charge in [0.05, 0.1) is 0 Å². The van der Waals surface area contributed by atoms with Gasteiger partial charge in [-0.1, -0.05) is 32.9 Å². The van der Waals surface area contributed by atoms with E-state index in [1.54, 1.807) is 0 Å². The Bertz CT molecular complexity index is 508. The van der Waals surface area contributed by atoms with Gasteiger partial charge in [-0.2, -0.15) is 0 Å². The molecule has 1 aliphatic carbocycles. The number of anilines is 1. The molecule has 3 nitrogen and oxygen atoms in total. The lowest BCUT2D eigenvalue weighted by molar-refractivity contribution is -0.144. The summed E-state index contributed by atoms with van der Waals surface area (Å²) in [6.07, 6.45) is 3.32. The lowest BCUT2D eigenvalue weighted by Gasteiger charge is -2.42. The van der Waals surface area contributed by atoms with Gasteiger partial charge in [-0.3, -0.25) is 0 Å². The second-order valence-electron chi connectivity index (χ2n) is 7.52. The van der Waals surface area contributed by atoms with E-state index in [0.717, 1.165) is 24.1 Å². The van der Waals surface area contributed by atoms with Gasteiger partial charge in [-0.15, -0.1) is 0 Å². The van der Waals surface area contributed by atoms with Crippen molar-refractivity contribution in [2.75, 3.05) is 5.32 Å². The summed E-state index contributed by atoms with van der Waals surface area (Å²) in [5, 5.41) is 13.1. The number of rotatable bonds is 3. The first-order chi connectivity index (χ1) is 9.73. The van der Waals surface area contributed by atoms with Crippen molar-refractivity contribution in [2.45, 2.75) is 58.9 Å². The molecule has 1 aromatic rings. The van der Waals surface area contributed by atoms with Gasteiger partial charge in [0.25, 0.3) is 0 Å². The van der Waals surface area contributed by atoms with Gasteiger partial charge in [-0.25, -0.2) is 4.79 Å². The summed E-state index contributed by atoms with van der Waals surface area (Å²) in [6, 6.07) is 7.96. The van der Waals surface area contributed by atoms with Gasteiger partial charge in [0.1, 0.15) is 5.54 Å². The Morgan fingerprint density at radius 1 is 1.29 bits per heavy atom. The van der Waals surface area contributed by atoms with Crippen LogP contribution in [0.25, 0.3) is 0 Å². The smallest absolute Gasteiger partial charge is 0.329 e. The summed E-state index contributed by atoms with van der Waals surface area (Å²) in [5.74, 6) is -0.124. The topological polar surface area (TPSA) is 49.3 Å². The summed E-state index contributed by atoms with van der Waals surface area (Å²) >= 11 is 0. The number of hydrogen-bond donors (Lipinski definition) is 2. The molecule has 0 unspecified atom stereocenters. The molecule has 21 heavy (non-hydrogen) atoms. The fourth-order valence-electron chi connectivity index (χ4n) is 3.37. The molecule has 2 rings (SSSR count). The molecule has 0 aromatic heterocycles. The second-order valence-corrected chi connectivity index (χ2v) is 7.52. The van der Waals surface area contributed by atoms with Crippen LogP contribution in [-0.4, -0.2) is 16.6 Å². The Morgan fingerprint density at radius 3 is 2.38 bits per heavy atom. The van der Waals surface area contributed by atoms with Crippen LogP contribution in [0.5, 0.6) is 0 Å². The standard InChI is InChI=1S/C18H27NO2/c1-13-6-5-7-15(12-13)19-18(16(20)21)10-8-14(9-11-18)17(2,3)4/h5-7,12,14,19H,8-11H2,1-4H3,(H,20,21). The monoisotopic (exact) mass is 289 g/mol. The second kappa shape index (κ2) is 5.70.